The van der Waals surface area contributed by atoms with E-state index in [4.69, 9.17) is 13.9 Å². The molecular weight excluding hydrogens is 316 g/mol. The number of hydrogen-bond donors (Lipinski definition) is 2. The van der Waals surface area contributed by atoms with Gasteiger partial charge in [-0.2, -0.15) is 0 Å². The summed E-state index contributed by atoms with van der Waals surface area (Å²) >= 11 is 0. The first-order valence-electron chi connectivity index (χ1n) is 7.33. The number of carbonyl (C=O) groups excluding carboxylic acids is 3. The fourth-order valence-corrected chi connectivity index (χ4v) is 2.03. The number of fused-ring (bicyclic) bond motifs is 1. The van der Waals surface area contributed by atoms with E-state index >= 15 is 0 Å². The molecule has 1 aromatic heterocycles. The Morgan fingerprint density at radius 1 is 1.21 bits per heavy atom. The number of rotatable bonds is 6. The van der Waals surface area contributed by atoms with E-state index in [1.54, 1.807) is 12.1 Å². The Morgan fingerprint density at radius 3 is 2.67 bits per heavy atom. The molecule has 0 aliphatic carbocycles. The van der Waals surface area contributed by atoms with Crippen LogP contribution in [0.25, 0.3) is 11.0 Å². The zero-order chi connectivity index (χ0) is 17.5. The molecule has 24 heavy (non-hydrogen) atoms. The highest BCUT2D eigenvalue weighted by atomic mass is 16.5. The molecule has 8 nitrogen and oxygen atoms in total. The number of urea groups is 1. The standard InChI is InChI=1S/C16H18N2O6/c1-3-22-8-11-10-6-4-5-7-12(10)24-14(11)15(20)23-9-13(19)18-16(21)17-2/h4-7H,3,8-9H2,1-2H3,(H2,17,18,19,21). The van der Waals surface area contributed by atoms with Gasteiger partial charge in [0.05, 0.1) is 6.61 Å². The predicted molar refractivity (Wildman–Crippen MR) is 84.4 cm³/mol. The van der Waals surface area contributed by atoms with Crippen LogP contribution in [0.15, 0.2) is 28.7 Å². The first-order valence-corrected chi connectivity index (χ1v) is 7.33. The van der Waals surface area contributed by atoms with Crippen molar-refractivity contribution in [3.8, 4) is 0 Å². The summed E-state index contributed by atoms with van der Waals surface area (Å²) in [4.78, 5) is 34.7. The molecule has 1 heterocycles. The Labute approximate surface area is 138 Å². The minimum atomic E-state index is -0.798. The van der Waals surface area contributed by atoms with E-state index in [1.165, 1.54) is 7.05 Å². The van der Waals surface area contributed by atoms with Gasteiger partial charge in [0.25, 0.3) is 5.91 Å². The number of esters is 1. The summed E-state index contributed by atoms with van der Waals surface area (Å²) in [5, 5.41) is 4.95. The fraction of sp³-hybridized carbons (Fsp3) is 0.312. The third kappa shape index (κ3) is 4.11. The maximum Gasteiger partial charge on any atom is 0.375 e. The van der Waals surface area contributed by atoms with Gasteiger partial charge in [-0.25, -0.2) is 9.59 Å². The van der Waals surface area contributed by atoms with Crippen molar-refractivity contribution in [2.75, 3.05) is 20.3 Å². The number of ether oxygens (including phenoxy) is 2. The fourth-order valence-electron chi connectivity index (χ4n) is 2.03. The Balaban J connectivity index is 2.13. The number of nitrogens with one attached hydrogen (secondary N) is 2. The lowest BCUT2D eigenvalue weighted by Gasteiger charge is -2.05. The number of benzene rings is 1. The molecular formula is C16H18N2O6. The molecule has 2 aromatic rings. The van der Waals surface area contributed by atoms with Crippen LogP contribution in [-0.2, 0) is 20.9 Å². The van der Waals surface area contributed by atoms with Crippen LogP contribution in [0.5, 0.6) is 0 Å². The number of para-hydroxylation sites is 1. The maximum atomic E-state index is 12.2. The SMILES string of the molecule is CCOCc1c(C(=O)OCC(=O)NC(=O)NC)oc2ccccc12. The first-order chi connectivity index (χ1) is 11.6. The lowest BCUT2D eigenvalue weighted by molar-refractivity contribution is -0.123. The summed E-state index contributed by atoms with van der Waals surface area (Å²) < 4.78 is 15.8. The highest BCUT2D eigenvalue weighted by molar-refractivity contribution is 5.98. The molecule has 1 aromatic carbocycles. The zero-order valence-electron chi connectivity index (χ0n) is 13.4. The van der Waals surface area contributed by atoms with E-state index in [-0.39, 0.29) is 12.4 Å². The van der Waals surface area contributed by atoms with Crippen molar-refractivity contribution in [2.24, 2.45) is 0 Å². The lowest BCUT2D eigenvalue weighted by Crippen LogP contribution is -2.39. The van der Waals surface area contributed by atoms with E-state index in [2.05, 4.69) is 5.32 Å². The third-order valence-electron chi connectivity index (χ3n) is 3.15. The summed E-state index contributed by atoms with van der Waals surface area (Å²) in [6.07, 6.45) is 0. The molecule has 3 amide bonds. The summed E-state index contributed by atoms with van der Waals surface area (Å²) in [7, 11) is 1.36. The molecule has 8 heteroatoms. The molecule has 0 unspecified atom stereocenters. The minimum Gasteiger partial charge on any atom is -0.450 e. The maximum absolute atomic E-state index is 12.2. The molecule has 0 aliphatic rings. The van der Waals surface area contributed by atoms with Crippen molar-refractivity contribution in [2.45, 2.75) is 13.5 Å². The second-order valence-electron chi connectivity index (χ2n) is 4.75. The third-order valence-corrected chi connectivity index (χ3v) is 3.15. The van der Waals surface area contributed by atoms with Crippen LogP contribution in [0, 0.1) is 0 Å². The second kappa shape index (κ2) is 8.11. The Bertz CT molecular complexity index is 752. The van der Waals surface area contributed by atoms with Gasteiger partial charge in [-0.3, -0.25) is 10.1 Å². The molecule has 0 atom stereocenters. The van der Waals surface area contributed by atoms with Crippen LogP contribution in [0.4, 0.5) is 4.79 Å². The highest BCUT2D eigenvalue weighted by Crippen LogP contribution is 2.27. The second-order valence-corrected chi connectivity index (χ2v) is 4.75. The number of imide groups is 1. The van der Waals surface area contributed by atoms with Gasteiger partial charge in [0, 0.05) is 24.6 Å². The predicted octanol–water partition coefficient (Wildman–Crippen LogP) is 1.58. The van der Waals surface area contributed by atoms with Crippen LogP contribution in [0.2, 0.25) is 0 Å². The molecule has 0 radical (unpaired) electrons. The van der Waals surface area contributed by atoms with Gasteiger partial charge >= 0.3 is 12.0 Å². The van der Waals surface area contributed by atoms with Gasteiger partial charge in [-0.1, -0.05) is 18.2 Å². The van der Waals surface area contributed by atoms with Crippen molar-refractivity contribution >= 4 is 28.9 Å². The molecule has 128 valence electrons. The van der Waals surface area contributed by atoms with Gasteiger partial charge in [-0.15, -0.1) is 0 Å². The van der Waals surface area contributed by atoms with Gasteiger partial charge in [0.15, 0.2) is 6.61 Å². The van der Waals surface area contributed by atoms with Crippen molar-refractivity contribution in [3.05, 3.63) is 35.6 Å². The number of hydrogen-bond acceptors (Lipinski definition) is 6. The van der Waals surface area contributed by atoms with Crippen molar-refractivity contribution in [1.82, 2.24) is 10.6 Å². The Morgan fingerprint density at radius 2 is 1.96 bits per heavy atom. The topological polar surface area (TPSA) is 107 Å². The Kier molecular flexibility index (Phi) is 5.91. The van der Waals surface area contributed by atoms with Crippen LogP contribution < -0.4 is 10.6 Å². The van der Waals surface area contributed by atoms with Crippen molar-refractivity contribution in [3.63, 3.8) is 0 Å². The molecule has 0 aliphatic heterocycles. The number of furan rings is 1. The molecule has 0 bridgehead atoms. The largest absolute Gasteiger partial charge is 0.450 e. The van der Waals surface area contributed by atoms with Gasteiger partial charge in [-0.05, 0) is 13.0 Å². The van der Waals surface area contributed by atoms with Gasteiger partial charge in [0.1, 0.15) is 5.58 Å². The first kappa shape index (κ1) is 17.5. The summed E-state index contributed by atoms with van der Waals surface area (Å²) in [6.45, 7) is 1.89. The smallest absolute Gasteiger partial charge is 0.375 e. The van der Waals surface area contributed by atoms with E-state index in [1.807, 2.05) is 24.4 Å². The quantitative estimate of drug-likeness (QED) is 0.777. The average Bonchev–Trinajstić information content (AvgIpc) is 2.96. The summed E-state index contributed by atoms with van der Waals surface area (Å²) in [6, 6.07) is 6.45. The van der Waals surface area contributed by atoms with Crippen molar-refractivity contribution in [1.29, 1.82) is 0 Å². The van der Waals surface area contributed by atoms with E-state index in [0.717, 1.165) is 5.39 Å². The zero-order valence-corrected chi connectivity index (χ0v) is 13.4. The van der Waals surface area contributed by atoms with Gasteiger partial charge in [0.2, 0.25) is 5.76 Å². The van der Waals surface area contributed by atoms with E-state index in [9.17, 15) is 14.4 Å². The Hall–Kier alpha value is -2.87. The molecule has 0 fully saturated rings. The molecule has 0 saturated carbocycles. The number of carbonyl (C=O) groups is 3. The average molecular weight is 334 g/mol. The van der Waals surface area contributed by atoms with Crippen LogP contribution in [-0.4, -0.2) is 38.2 Å². The summed E-state index contributed by atoms with van der Waals surface area (Å²) in [5.74, 6) is -1.56. The normalized spacial score (nSPS) is 10.4. The monoisotopic (exact) mass is 334 g/mol. The van der Waals surface area contributed by atoms with Crippen LogP contribution in [0.1, 0.15) is 23.0 Å². The van der Waals surface area contributed by atoms with Gasteiger partial charge < -0.3 is 19.2 Å². The number of amides is 3. The van der Waals surface area contributed by atoms with E-state index in [0.29, 0.717) is 17.8 Å². The molecule has 2 N–H and O–H groups in total. The van der Waals surface area contributed by atoms with Crippen molar-refractivity contribution < 1.29 is 28.3 Å². The summed E-state index contributed by atoms with van der Waals surface area (Å²) in [5.41, 5.74) is 1.08. The molecule has 2 rings (SSSR count). The van der Waals surface area contributed by atoms with Crippen LogP contribution in [0.3, 0.4) is 0 Å². The lowest BCUT2D eigenvalue weighted by atomic mass is 10.1. The van der Waals surface area contributed by atoms with Crippen LogP contribution >= 0.6 is 0 Å². The molecule has 0 spiro atoms. The highest BCUT2D eigenvalue weighted by Gasteiger charge is 2.22. The van der Waals surface area contributed by atoms with E-state index < -0.39 is 24.5 Å². The minimum absolute atomic E-state index is 0.0163. The molecule has 0 saturated heterocycles.